The molecular formula is C18H23N5O2. The first-order valence-corrected chi connectivity index (χ1v) is 8.31. The smallest absolute Gasteiger partial charge is 0.325 e. The summed E-state index contributed by atoms with van der Waals surface area (Å²) in [6, 6.07) is 9.16. The fourth-order valence-corrected chi connectivity index (χ4v) is 3.17. The lowest BCUT2D eigenvalue weighted by atomic mass is 10.1. The summed E-state index contributed by atoms with van der Waals surface area (Å²) in [6.07, 6.45) is 3.43. The Morgan fingerprint density at radius 2 is 2.00 bits per heavy atom. The largest absolute Gasteiger partial charge is 0.341 e. The second-order valence-electron chi connectivity index (χ2n) is 6.26. The van der Waals surface area contributed by atoms with Crippen molar-refractivity contribution in [2.45, 2.75) is 25.7 Å². The molecule has 3 amide bonds. The molecule has 1 N–H and O–H groups in total. The van der Waals surface area contributed by atoms with Gasteiger partial charge in [-0.3, -0.25) is 10.1 Å². The van der Waals surface area contributed by atoms with Crippen LogP contribution in [0.2, 0.25) is 0 Å². The van der Waals surface area contributed by atoms with Crippen LogP contribution in [0.5, 0.6) is 0 Å². The van der Waals surface area contributed by atoms with E-state index in [9.17, 15) is 9.59 Å². The molecule has 0 spiro atoms. The van der Waals surface area contributed by atoms with E-state index >= 15 is 0 Å². The highest BCUT2D eigenvalue weighted by molar-refractivity contribution is 6.03. The van der Waals surface area contributed by atoms with E-state index in [-0.39, 0.29) is 5.91 Å². The molecule has 2 unspecified atom stereocenters. The molecule has 2 aliphatic rings. The fraction of sp³-hybridized carbons (Fsp3) is 0.389. The van der Waals surface area contributed by atoms with Gasteiger partial charge in [-0.1, -0.05) is 42.5 Å². The van der Waals surface area contributed by atoms with Crippen molar-refractivity contribution < 1.29 is 9.59 Å². The number of likely N-dealkylation sites (N-methyl/N-ethyl adjacent to an activating group) is 1. The van der Waals surface area contributed by atoms with Gasteiger partial charge < -0.3 is 14.7 Å². The number of carbonyl (C=O) groups is 2. The molecule has 0 aromatic heterocycles. The average Bonchev–Trinajstić information content (AvgIpc) is 2.99. The molecule has 132 valence electrons. The van der Waals surface area contributed by atoms with E-state index in [2.05, 4.69) is 17.4 Å². The minimum absolute atomic E-state index is 0.301. The molecule has 0 saturated carbocycles. The lowest BCUT2D eigenvalue weighted by Crippen LogP contribution is -2.64. The summed E-state index contributed by atoms with van der Waals surface area (Å²) in [5.41, 5.74) is 1.16. The molecular weight excluding hydrogens is 318 g/mol. The topological polar surface area (TPSA) is 68.2 Å². The van der Waals surface area contributed by atoms with Crippen LogP contribution in [0.25, 0.3) is 0 Å². The lowest BCUT2D eigenvalue weighted by molar-refractivity contribution is -0.127. The van der Waals surface area contributed by atoms with Crippen molar-refractivity contribution in [3.05, 3.63) is 48.0 Å². The Kier molecular flexibility index (Phi) is 4.74. The summed E-state index contributed by atoms with van der Waals surface area (Å²) < 4.78 is 0. The maximum atomic E-state index is 12.4. The van der Waals surface area contributed by atoms with Crippen molar-refractivity contribution >= 4 is 17.9 Å². The van der Waals surface area contributed by atoms with Crippen molar-refractivity contribution in [2.75, 3.05) is 20.6 Å². The van der Waals surface area contributed by atoms with E-state index in [1.807, 2.05) is 54.1 Å². The number of benzene rings is 1. The van der Waals surface area contributed by atoms with Crippen LogP contribution >= 0.6 is 0 Å². The number of fused-ring (bicyclic) bond motifs is 1. The lowest BCUT2D eigenvalue weighted by Gasteiger charge is -2.36. The molecule has 2 atom stereocenters. The summed E-state index contributed by atoms with van der Waals surface area (Å²) in [4.78, 5) is 34.5. The molecule has 2 aliphatic heterocycles. The molecule has 0 bridgehead atoms. The first kappa shape index (κ1) is 17.0. The van der Waals surface area contributed by atoms with Crippen molar-refractivity contribution in [1.82, 2.24) is 20.0 Å². The van der Waals surface area contributed by atoms with E-state index in [0.29, 0.717) is 19.0 Å². The Balaban J connectivity index is 1.89. The van der Waals surface area contributed by atoms with Gasteiger partial charge in [-0.15, -0.1) is 0 Å². The number of guanidine groups is 1. The van der Waals surface area contributed by atoms with Crippen molar-refractivity contribution in [3.63, 3.8) is 0 Å². The Labute approximate surface area is 147 Å². The van der Waals surface area contributed by atoms with E-state index in [1.54, 1.807) is 7.05 Å². The van der Waals surface area contributed by atoms with Gasteiger partial charge in [-0.25, -0.2) is 9.79 Å². The molecule has 7 nitrogen and oxygen atoms in total. The maximum Gasteiger partial charge on any atom is 0.325 e. The predicted octanol–water partition coefficient (Wildman–Crippen LogP) is 1.24. The molecule has 2 heterocycles. The average molecular weight is 341 g/mol. The Bertz CT molecular complexity index is 715. The van der Waals surface area contributed by atoms with Gasteiger partial charge >= 0.3 is 6.03 Å². The fourth-order valence-electron chi connectivity index (χ4n) is 3.17. The molecule has 1 saturated heterocycles. The zero-order valence-corrected chi connectivity index (χ0v) is 14.7. The van der Waals surface area contributed by atoms with Gasteiger partial charge in [0.2, 0.25) is 0 Å². The van der Waals surface area contributed by atoms with E-state index in [4.69, 9.17) is 4.99 Å². The minimum atomic E-state index is -0.507. The first-order chi connectivity index (χ1) is 12.0. The van der Waals surface area contributed by atoms with Gasteiger partial charge in [-0.2, -0.15) is 0 Å². The SMILES string of the molecule is C/C=C/CN1C(N(C)Cc2ccccc2)=NC2C1C(=O)NC(=O)N2C. The number of nitrogens with one attached hydrogen (secondary N) is 1. The number of allylic oxidation sites excluding steroid dienone is 1. The number of hydrogen-bond acceptors (Lipinski definition) is 5. The summed E-state index contributed by atoms with van der Waals surface area (Å²) in [5.74, 6) is 0.415. The van der Waals surface area contributed by atoms with Crippen LogP contribution < -0.4 is 5.32 Å². The highest BCUT2D eigenvalue weighted by Gasteiger charge is 2.48. The number of aliphatic imine (C=N–C) groups is 1. The van der Waals surface area contributed by atoms with Crippen LogP contribution in [0.4, 0.5) is 4.79 Å². The van der Waals surface area contributed by atoms with Crippen LogP contribution in [0, 0.1) is 0 Å². The molecule has 1 aromatic rings. The van der Waals surface area contributed by atoms with Gasteiger partial charge in [0, 0.05) is 27.2 Å². The third-order valence-corrected chi connectivity index (χ3v) is 4.48. The Hall–Kier alpha value is -2.83. The normalized spacial score (nSPS) is 22.9. The first-order valence-electron chi connectivity index (χ1n) is 8.31. The number of amides is 3. The Morgan fingerprint density at radius 1 is 1.28 bits per heavy atom. The third kappa shape index (κ3) is 3.22. The minimum Gasteiger partial charge on any atom is -0.341 e. The summed E-state index contributed by atoms with van der Waals surface area (Å²) in [7, 11) is 3.61. The quantitative estimate of drug-likeness (QED) is 0.837. The number of carbonyl (C=O) groups excluding carboxylic acids is 2. The van der Waals surface area contributed by atoms with Crippen LogP contribution in [0.1, 0.15) is 12.5 Å². The van der Waals surface area contributed by atoms with Gasteiger partial charge in [0.05, 0.1) is 0 Å². The number of urea groups is 1. The summed E-state index contributed by atoms with van der Waals surface area (Å²) in [5, 5.41) is 2.41. The molecule has 1 fully saturated rings. The van der Waals surface area contributed by atoms with E-state index in [1.165, 1.54) is 4.90 Å². The van der Waals surface area contributed by atoms with Gasteiger partial charge in [-0.05, 0) is 12.5 Å². The second kappa shape index (κ2) is 6.96. The van der Waals surface area contributed by atoms with E-state index in [0.717, 1.165) is 5.56 Å². The van der Waals surface area contributed by atoms with Crippen LogP contribution in [0.15, 0.2) is 47.5 Å². The van der Waals surface area contributed by atoms with Crippen LogP contribution in [-0.4, -0.2) is 65.4 Å². The molecule has 0 radical (unpaired) electrons. The summed E-state index contributed by atoms with van der Waals surface area (Å²) in [6.45, 7) is 3.17. The standard InChI is InChI=1S/C18H23N5O2/c1-4-5-11-23-14-15(22(3)18(25)20-16(14)24)19-17(23)21(2)12-13-9-7-6-8-10-13/h4-10,14-15H,11-12H2,1-3H3,(H,20,24,25)/b5-4+. The number of rotatable bonds is 4. The molecule has 25 heavy (non-hydrogen) atoms. The number of nitrogens with zero attached hydrogens (tertiary/aromatic N) is 4. The van der Waals surface area contributed by atoms with Crippen molar-refractivity contribution in [3.8, 4) is 0 Å². The monoisotopic (exact) mass is 341 g/mol. The number of hydrogen-bond donors (Lipinski definition) is 1. The zero-order chi connectivity index (χ0) is 18.0. The van der Waals surface area contributed by atoms with Gasteiger partial charge in [0.25, 0.3) is 5.91 Å². The van der Waals surface area contributed by atoms with Gasteiger partial charge in [0.1, 0.15) is 0 Å². The highest BCUT2D eigenvalue weighted by Crippen LogP contribution is 2.25. The predicted molar refractivity (Wildman–Crippen MR) is 95.7 cm³/mol. The van der Waals surface area contributed by atoms with Crippen molar-refractivity contribution in [2.24, 2.45) is 4.99 Å². The molecule has 7 heteroatoms. The third-order valence-electron chi connectivity index (χ3n) is 4.48. The van der Waals surface area contributed by atoms with Crippen LogP contribution in [-0.2, 0) is 11.3 Å². The van der Waals surface area contributed by atoms with Gasteiger partial charge in [0.15, 0.2) is 18.2 Å². The molecule has 3 rings (SSSR count). The molecule has 0 aliphatic carbocycles. The Morgan fingerprint density at radius 3 is 2.68 bits per heavy atom. The van der Waals surface area contributed by atoms with Crippen LogP contribution in [0.3, 0.4) is 0 Å². The zero-order valence-electron chi connectivity index (χ0n) is 14.7. The maximum absolute atomic E-state index is 12.4. The number of imide groups is 1. The molecule has 1 aromatic carbocycles. The van der Waals surface area contributed by atoms with Crippen molar-refractivity contribution in [1.29, 1.82) is 0 Å². The second-order valence-corrected chi connectivity index (χ2v) is 6.26. The van der Waals surface area contributed by atoms with E-state index < -0.39 is 18.2 Å². The highest BCUT2D eigenvalue weighted by atomic mass is 16.2. The summed E-state index contributed by atoms with van der Waals surface area (Å²) >= 11 is 0.